The lowest BCUT2D eigenvalue weighted by molar-refractivity contribution is -0.117. The van der Waals surface area contributed by atoms with Gasteiger partial charge in [0.05, 0.1) is 13.1 Å². The zero-order chi connectivity index (χ0) is 17.1. The van der Waals surface area contributed by atoms with Crippen LogP contribution in [0.5, 0.6) is 0 Å². The van der Waals surface area contributed by atoms with Gasteiger partial charge >= 0.3 is 0 Å². The van der Waals surface area contributed by atoms with Crippen molar-refractivity contribution in [2.75, 3.05) is 19.6 Å². The Kier molecular flexibility index (Phi) is 7.91. The molecule has 0 heterocycles. The average molecular weight is 317 g/mol. The Hall–Kier alpha value is -2.83. The summed E-state index contributed by atoms with van der Waals surface area (Å²) in [5, 5.41) is 8.68. The first-order valence-corrected chi connectivity index (χ1v) is 7.35. The number of nitrogens with one attached hydrogen (secondary N) is 3. The van der Waals surface area contributed by atoms with Crippen LogP contribution in [0.25, 0.3) is 0 Å². The topological polar surface area (TPSA) is 109 Å². The molecule has 0 spiro atoms. The lowest BCUT2D eigenvalue weighted by Crippen LogP contribution is -2.37. The molecule has 7 nitrogen and oxygen atoms in total. The van der Waals surface area contributed by atoms with E-state index < -0.39 is 5.91 Å². The van der Waals surface area contributed by atoms with E-state index in [4.69, 9.17) is 5.73 Å². The van der Waals surface area contributed by atoms with Gasteiger partial charge in [-0.3, -0.25) is 9.59 Å². The summed E-state index contributed by atoms with van der Waals surface area (Å²) in [6, 6.07) is 7.01. The Bertz CT molecular complexity index is 566. The minimum Gasteiger partial charge on any atom is -0.368 e. The first kappa shape index (κ1) is 18.2. The van der Waals surface area contributed by atoms with E-state index in [2.05, 4.69) is 27.5 Å². The Morgan fingerprint density at radius 1 is 1.22 bits per heavy atom. The van der Waals surface area contributed by atoms with Crippen molar-refractivity contribution in [2.24, 2.45) is 10.7 Å². The molecule has 0 radical (unpaired) electrons. The molecule has 0 saturated heterocycles. The molecule has 23 heavy (non-hydrogen) atoms. The van der Waals surface area contributed by atoms with Gasteiger partial charge in [0.2, 0.25) is 5.91 Å². The van der Waals surface area contributed by atoms with E-state index in [0.717, 1.165) is 12.1 Å². The van der Waals surface area contributed by atoms with E-state index in [0.29, 0.717) is 24.6 Å². The lowest BCUT2D eigenvalue weighted by atomic mass is 10.1. The number of carbonyl (C=O) groups is 2. The number of carbonyl (C=O) groups excluding carboxylic acids is 2. The van der Waals surface area contributed by atoms with Crippen LogP contribution in [-0.2, 0) is 11.3 Å². The quantitative estimate of drug-likeness (QED) is 0.311. The summed E-state index contributed by atoms with van der Waals surface area (Å²) in [5.41, 5.74) is 6.42. The summed E-state index contributed by atoms with van der Waals surface area (Å²) in [6.07, 6.45) is 1.76. The summed E-state index contributed by atoms with van der Waals surface area (Å²) in [6.45, 7) is 7.34. The predicted molar refractivity (Wildman–Crippen MR) is 91.0 cm³/mol. The predicted octanol–water partition coefficient (Wildman–Crippen LogP) is 0.143. The van der Waals surface area contributed by atoms with Gasteiger partial charge in [0.15, 0.2) is 5.96 Å². The second-order valence-electron chi connectivity index (χ2n) is 4.71. The van der Waals surface area contributed by atoms with Crippen molar-refractivity contribution in [3.05, 3.63) is 48.0 Å². The fraction of sp³-hybridized carbons (Fsp3) is 0.312. The highest BCUT2D eigenvalue weighted by Gasteiger charge is 2.06. The molecule has 2 amide bonds. The minimum absolute atomic E-state index is 0.175. The van der Waals surface area contributed by atoms with Gasteiger partial charge in [-0.05, 0) is 24.6 Å². The van der Waals surface area contributed by atoms with Crippen LogP contribution in [0, 0.1) is 0 Å². The maximum absolute atomic E-state index is 11.8. The molecule has 0 unspecified atom stereocenters. The Labute approximate surface area is 136 Å². The van der Waals surface area contributed by atoms with E-state index in [1.807, 2.05) is 19.1 Å². The molecule has 0 atom stereocenters. The first-order chi connectivity index (χ1) is 11.1. The van der Waals surface area contributed by atoms with Crippen molar-refractivity contribution in [1.82, 2.24) is 16.0 Å². The summed E-state index contributed by atoms with van der Waals surface area (Å²) >= 11 is 0. The standard InChI is InChI=1S/C16H23N5O2/c1-3-9-19-16(18-4-2)21-10-12-5-7-13(8-6-12)15(23)20-11-14(17)22/h3,5-8H,1,4,9-11H2,2H3,(H2,17,22)(H,20,23)(H2,18,19,21). The van der Waals surface area contributed by atoms with Crippen molar-refractivity contribution in [3.8, 4) is 0 Å². The van der Waals surface area contributed by atoms with Crippen LogP contribution in [0.4, 0.5) is 0 Å². The van der Waals surface area contributed by atoms with Crippen LogP contribution in [0.2, 0.25) is 0 Å². The number of nitrogens with two attached hydrogens (primary N) is 1. The molecule has 0 bridgehead atoms. The first-order valence-electron chi connectivity index (χ1n) is 7.35. The maximum Gasteiger partial charge on any atom is 0.251 e. The molecule has 5 N–H and O–H groups in total. The van der Waals surface area contributed by atoms with E-state index in [1.54, 1.807) is 18.2 Å². The summed E-state index contributed by atoms with van der Waals surface area (Å²) in [5.74, 6) is -0.206. The average Bonchev–Trinajstić information content (AvgIpc) is 2.55. The second kappa shape index (κ2) is 9.99. The largest absolute Gasteiger partial charge is 0.368 e. The van der Waals surface area contributed by atoms with Gasteiger partial charge in [-0.25, -0.2) is 4.99 Å². The molecule has 0 aromatic heterocycles. The minimum atomic E-state index is -0.577. The molecular weight excluding hydrogens is 294 g/mol. The van der Waals surface area contributed by atoms with Gasteiger partial charge < -0.3 is 21.7 Å². The van der Waals surface area contributed by atoms with E-state index >= 15 is 0 Å². The van der Waals surface area contributed by atoms with Gasteiger partial charge in [-0.1, -0.05) is 18.2 Å². The fourth-order valence-electron chi connectivity index (χ4n) is 1.71. The number of benzene rings is 1. The maximum atomic E-state index is 11.8. The molecule has 124 valence electrons. The molecule has 0 aliphatic heterocycles. The molecule has 1 aromatic rings. The third-order valence-electron chi connectivity index (χ3n) is 2.82. The van der Waals surface area contributed by atoms with Crippen molar-refractivity contribution < 1.29 is 9.59 Å². The van der Waals surface area contributed by atoms with E-state index in [9.17, 15) is 9.59 Å². The Morgan fingerprint density at radius 2 is 1.91 bits per heavy atom. The van der Waals surface area contributed by atoms with Gasteiger partial charge in [-0.2, -0.15) is 0 Å². The van der Waals surface area contributed by atoms with Crippen LogP contribution in [0.1, 0.15) is 22.8 Å². The highest BCUT2D eigenvalue weighted by atomic mass is 16.2. The number of rotatable bonds is 8. The van der Waals surface area contributed by atoms with Gasteiger partial charge in [-0.15, -0.1) is 6.58 Å². The number of nitrogens with zero attached hydrogens (tertiary/aromatic N) is 1. The van der Waals surface area contributed by atoms with Crippen molar-refractivity contribution >= 4 is 17.8 Å². The zero-order valence-corrected chi connectivity index (χ0v) is 13.3. The molecular formula is C16H23N5O2. The molecule has 0 fully saturated rings. The summed E-state index contributed by atoms with van der Waals surface area (Å²) in [7, 11) is 0. The molecule has 1 rings (SSSR count). The number of hydrogen-bond donors (Lipinski definition) is 4. The third-order valence-corrected chi connectivity index (χ3v) is 2.82. The molecule has 0 aliphatic rings. The fourth-order valence-corrected chi connectivity index (χ4v) is 1.71. The van der Waals surface area contributed by atoms with Gasteiger partial charge in [0.25, 0.3) is 5.91 Å². The number of primary amides is 1. The Morgan fingerprint density at radius 3 is 2.48 bits per heavy atom. The molecule has 0 saturated carbocycles. The zero-order valence-electron chi connectivity index (χ0n) is 13.3. The van der Waals surface area contributed by atoms with Crippen molar-refractivity contribution in [2.45, 2.75) is 13.5 Å². The van der Waals surface area contributed by atoms with Crippen LogP contribution in [0.15, 0.2) is 41.9 Å². The second-order valence-corrected chi connectivity index (χ2v) is 4.71. The number of guanidine groups is 1. The Balaban J connectivity index is 2.63. The lowest BCUT2D eigenvalue weighted by Gasteiger charge is -2.09. The smallest absolute Gasteiger partial charge is 0.251 e. The van der Waals surface area contributed by atoms with Gasteiger partial charge in [0.1, 0.15) is 0 Å². The van der Waals surface area contributed by atoms with Crippen molar-refractivity contribution in [1.29, 1.82) is 0 Å². The van der Waals surface area contributed by atoms with E-state index in [1.165, 1.54) is 0 Å². The summed E-state index contributed by atoms with van der Waals surface area (Å²) in [4.78, 5) is 26.8. The van der Waals surface area contributed by atoms with Crippen LogP contribution >= 0.6 is 0 Å². The van der Waals surface area contributed by atoms with Crippen LogP contribution < -0.4 is 21.7 Å². The highest BCUT2D eigenvalue weighted by molar-refractivity contribution is 5.96. The summed E-state index contributed by atoms with van der Waals surface area (Å²) < 4.78 is 0. The number of aliphatic imine (C=N–C) groups is 1. The van der Waals surface area contributed by atoms with Crippen LogP contribution in [-0.4, -0.2) is 37.4 Å². The monoisotopic (exact) mass is 317 g/mol. The van der Waals surface area contributed by atoms with E-state index in [-0.39, 0.29) is 12.5 Å². The molecule has 1 aromatic carbocycles. The highest BCUT2D eigenvalue weighted by Crippen LogP contribution is 2.05. The van der Waals surface area contributed by atoms with Gasteiger partial charge in [0, 0.05) is 18.7 Å². The number of amides is 2. The SMILES string of the molecule is C=CCNC(=NCc1ccc(C(=O)NCC(N)=O)cc1)NCC. The number of hydrogen-bond acceptors (Lipinski definition) is 3. The normalized spacial score (nSPS) is 10.7. The third kappa shape index (κ3) is 7.12. The van der Waals surface area contributed by atoms with Crippen LogP contribution in [0.3, 0.4) is 0 Å². The molecule has 0 aliphatic carbocycles. The molecule has 7 heteroatoms. The van der Waals surface area contributed by atoms with Crippen molar-refractivity contribution in [3.63, 3.8) is 0 Å².